The Hall–Kier alpha value is -3.64. The van der Waals surface area contributed by atoms with Crippen molar-refractivity contribution in [3.63, 3.8) is 0 Å². The van der Waals surface area contributed by atoms with Crippen LogP contribution in [0.1, 0.15) is 22.3 Å². The molecule has 3 aromatic carbocycles. The van der Waals surface area contributed by atoms with Crippen molar-refractivity contribution in [2.75, 3.05) is 37.9 Å². The predicted octanol–water partition coefficient (Wildman–Crippen LogP) is 4.45. The van der Waals surface area contributed by atoms with Crippen LogP contribution in [0.4, 0.5) is 11.4 Å². The van der Waals surface area contributed by atoms with Crippen LogP contribution in [-0.2, 0) is 11.2 Å². The summed E-state index contributed by atoms with van der Waals surface area (Å²) in [6.07, 6.45) is 1.98. The number of aryl methyl sites for hydroxylation is 1. The lowest BCUT2D eigenvalue weighted by Crippen LogP contribution is -2.31. The second kappa shape index (κ2) is 11.7. The number of carbonyl (C=O) groups is 2. The number of benzene rings is 3. The first-order valence-corrected chi connectivity index (χ1v) is 10.6. The number of rotatable bonds is 10. The number of ether oxygens (including phenoxy) is 1. The van der Waals surface area contributed by atoms with Crippen LogP contribution in [0, 0.1) is 0 Å². The Morgan fingerprint density at radius 2 is 1.56 bits per heavy atom. The fourth-order valence-electron chi connectivity index (χ4n) is 3.37. The van der Waals surface area contributed by atoms with Crippen LogP contribution >= 0.6 is 0 Å². The normalized spacial score (nSPS) is 10.6. The quantitative estimate of drug-likeness (QED) is 0.498. The SMILES string of the molecule is COc1ccccc1NC(=O)c1ccc(NC(=O)CN(C)CCCc2ccccc2)cc1. The highest BCUT2D eigenvalue weighted by molar-refractivity contribution is 6.05. The average molecular weight is 432 g/mol. The van der Waals surface area contributed by atoms with E-state index >= 15 is 0 Å². The van der Waals surface area contributed by atoms with Gasteiger partial charge in [-0.15, -0.1) is 0 Å². The number of hydrogen-bond acceptors (Lipinski definition) is 4. The van der Waals surface area contributed by atoms with E-state index in [1.165, 1.54) is 5.56 Å². The summed E-state index contributed by atoms with van der Waals surface area (Å²) in [5.74, 6) is 0.265. The van der Waals surface area contributed by atoms with Crippen molar-refractivity contribution in [1.29, 1.82) is 0 Å². The number of hydrogen-bond donors (Lipinski definition) is 2. The Balaban J connectivity index is 1.45. The largest absolute Gasteiger partial charge is 0.495 e. The van der Waals surface area contributed by atoms with Gasteiger partial charge in [-0.1, -0.05) is 42.5 Å². The van der Waals surface area contributed by atoms with Crippen molar-refractivity contribution in [3.8, 4) is 5.75 Å². The second-order valence-corrected chi connectivity index (χ2v) is 7.61. The van der Waals surface area contributed by atoms with E-state index in [1.54, 1.807) is 43.5 Å². The lowest BCUT2D eigenvalue weighted by molar-refractivity contribution is -0.117. The molecule has 0 heterocycles. The fourth-order valence-corrected chi connectivity index (χ4v) is 3.37. The highest BCUT2D eigenvalue weighted by Crippen LogP contribution is 2.23. The molecule has 32 heavy (non-hydrogen) atoms. The third kappa shape index (κ3) is 6.96. The maximum absolute atomic E-state index is 12.5. The maximum Gasteiger partial charge on any atom is 0.255 e. The average Bonchev–Trinajstić information content (AvgIpc) is 2.80. The van der Waals surface area contributed by atoms with Gasteiger partial charge in [-0.05, 0) is 68.4 Å². The van der Waals surface area contributed by atoms with E-state index in [0.717, 1.165) is 19.4 Å². The van der Waals surface area contributed by atoms with Gasteiger partial charge in [0.1, 0.15) is 5.75 Å². The first-order valence-electron chi connectivity index (χ1n) is 10.6. The molecule has 0 atom stereocenters. The molecule has 6 heteroatoms. The smallest absolute Gasteiger partial charge is 0.255 e. The van der Waals surface area contributed by atoms with Gasteiger partial charge in [0.25, 0.3) is 5.91 Å². The number of nitrogens with zero attached hydrogens (tertiary/aromatic N) is 1. The molecule has 0 saturated carbocycles. The predicted molar refractivity (Wildman–Crippen MR) is 128 cm³/mol. The van der Waals surface area contributed by atoms with Crippen LogP contribution < -0.4 is 15.4 Å². The third-order valence-electron chi connectivity index (χ3n) is 5.05. The van der Waals surface area contributed by atoms with Crippen molar-refractivity contribution in [3.05, 3.63) is 90.0 Å². The van der Waals surface area contributed by atoms with Crippen LogP contribution in [0.5, 0.6) is 5.75 Å². The zero-order chi connectivity index (χ0) is 22.8. The minimum atomic E-state index is -0.245. The number of methoxy groups -OCH3 is 1. The van der Waals surface area contributed by atoms with Crippen LogP contribution in [0.25, 0.3) is 0 Å². The number of anilines is 2. The summed E-state index contributed by atoms with van der Waals surface area (Å²) in [6.45, 7) is 1.15. The van der Waals surface area contributed by atoms with Gasteiger partial charge in [0.2, 0.25) is 5.91 Å². The maximum atomic E-state index is 12.5. The zero-order valence-corrected chi connectivity index (χ0v) is 18.5. The molecule has 3 rings (SSSR count). The summed E-state index contributed by atoms with van der Waals surface area (Å²) in [4.78, 5) is 26.9. The number of carbonyl (C=O) groups excluding carboxylic acids is 2. The monoisotopic (exact) mass is 431 g/mol. The summed E-state index contributed by atoms with van der Waals surface area (Å²) in [7, 11) is 3.50. The Morgan fingerprint density at radius 1 is 0.875 bits per heavy atom. The second-order valence-electron chi connectivity index (χ2n) is 7.61. The van der Waals surface area contributed by atoms with Crippen molar-refractivity contribution in [1.82, 2.24) is 4.90 Å². The van der Waals surface area contributed by atoms with Crippen molar-refractivity contribution in [2.45, 2.75) is 12.8 Å². The van der Waals surface area contributed by atoms with Gasteiger partial charge in [-0.3, -0.25) is 14.5 Å². The number of amides is 2. The molecule has 0 aliphatic heterocycles. The lowest BCUT2D eigenvalue weighted by atomic mass is 10.1. The topological polar surface area (TPSA) is 70.7 Å². The molecule has 0 bridgehead atoms. The van der Waals surface area contributed by atoms with Crippen LogP contribution in [-0.4, -0.2) is 44.0 Å². The van der Waals surface area contributed by atoms with Gasteiger partial charge in [0.05, 0.1) is 19.3 Å². The van der Waals surface area contributed by atoms with Gasteiger partial charge in [-0.2, -0.15) is 0 Å². The fraction of sp³-hybridized carbons (Fsp3) is 0.231. The van der Waals surface area contributed by atoms with Crippen LogP contribution in [0.3, 0.4) is 0 Å². The number of para-hydroxylation sites is 2. The summed E-state index contributed by atoms with van der Waals surface area (Å²) < 4.78 is 5.26. The molecule has 166 valence electrons. The van der Waals surface area contributed by atoms with Gasteiger partial charge < -0.3 is 15.4 Å². The van der Waals surface area contributed by atoms with Gasteiger partial charge in [0.15, 0.2) is 0 Å². The molecule has 0 saturated heterocycles. The minimum Gasteiger partial charge on any atom is -0.495 e. The van der Waals surface area contributed by atoms with Crippen molar-refractivity contribution >= 4 is 23.2 Å². The molecule has 0 aliphatic rings. The first-order chi connectivity index (χ1) is 15.5. The van der Waals surface area contributed by atoms with Crippen molar-refractivity contribution < 1.29 is 14.3 Å². The third-order valence-corrected chi connectivity index (χ3v) is 5.05. The van der Waals surface area contributed by atoms with E-state index in [0.29, 0.717) is 29.2 Å². The molecule has 0 fully saturated rings. The van der Waals surface area contributed by atoms with E-state index < -0.39 is 0 Å². The lowest BCUT2D eigenvalue weighted by Gasteiger charge is -2.16. The van der Waals surface area contributed by atoms with Crippen LogP contribution in [0.15, 0.2) is 78.9 Å². The number of likely N-dealkylation sites (N-methyl/N-ethyl adjacent to an activating group) is 1. The molecule has 3 aromatic rings. The highest BCUT2D eigenvalue weighted by atomic mass is 16.5. The molecule has 0 unspecified atom stereocenters. The standard InChI is InChI=1S/C26H29N3O3/c1-29(18-8-11-20-9-4-3-5-10-20)19-25(30)27-22-16-14-21(15-17-22)26(31)28-23-12-6-7-13-24(23)32-2/h3-7,9-10,12-17H,8,11,18-19H2,1-2H3,(H,27,30)(H,28,31). The van der Waals surface area contributed by atoms with E-state index in [2.05, 4.69) is 22.8 Å². The van der Waals surface area contributed by atoms with Gasteiger partial charge in [0, 0.05) is 11.3 Å². The van der Waals surface area contributed by atoms with Crippen molar-refractivity contribution in [2.24, 2.45) is 0 Å². The summed E-state index contributed by atoms with van der Waals surface area (Å²) in [6, 6.07) is 24.4. The highest BCUT2D eigenvalue weighted by Gasteiger charge is 2.11. The summed E-state index contributed by atoms with van der Waals surface area (Å²) in [5.41, 5.74) is 3.06. The van der Waals surface area contributed by atoms with Crippen LogP contribution in [0.2, 0.25) is 0 Å². The molecule has 0 aromatic heterocycles. The van der Waals surface area contributed by atoms with E-state index in [9.17, 15) is 9.59 Å². The molecular formula is C26H29N3O3. The van der Waals surface area contributed by atoms with E-state index in [1.807, 2.05) is 42.3 Å². The molecule has 0 aliphatic carbocycles. The summed E-state index contributed by atoms with van der Waals surface area (Å²) in [5, 5.41) is 5.72. The Morgan fingerprint density at radius 3 is 2.28 bits per heavy atom. The molecule has 2 N–H and O–H groups in total. The van der Waals surface area contributed by atoms with Gasteiger partial charge in [-0.25, -0.2) is 0 Å². The zero-order valence-electron chi connectivity index (χ0n) is 18.5. The van der Waals surface area contributed by atoms with E-state index in [4.69, 9.17) is 4.74 Å². The first kappa shape index (κ1) is 23.0. The van der Waals surface area contributed by atoms with E-state index in [-0.39, 0.29) is 11.8 Å². The molecular weight excluding hydrogens is 402 g/mol. The molecule has 2 amide bonds. The van der Waals surface area contributed by atoms with Gasteiger partial charge >= 0.3 is 0 Å². The molecule has 0 radical (unpaired) electrons. The Kier molecular flexibility index (Phi) is 8.40. The molecule has 6 nitrogen and oxygen atoms in total. The summed E-state index contributed by atoms with van der Waals surface area (Å²) >= 11 is 0. The molecule has 0 spiro atoms. The Labute approximate surface area is 189 Å². The Bertz CT molecular complexity index is 1020. The number of nitrogens with one attached hydrogen (secondary N) is 2. The minimum absolute atomic E-state index is 0.0848.